The molecule has 0 aliphatic heterocycles. The minimum atomic E-state index is -0.137. The van der Waals surface area contributed by atoms with Gasteiger partial charge in [0.05, 0.1) is 6.04 Å². The van der Waals surface area contributed by atoms with Crippen molar-refractivity contribution in [3.05, 3.63) is 33.8 Å². The highest BCUT2D eigenvalue weighted by atomic mass is 35.5. The molecule has 0 saturated carbocycles. The first kappa shape index (κ1) is 15.3. The average Bonchev–Trinajstić information content (AvgIpc) is 2.28. The molecule has 1 aromatic rings. The molecule has 0 bridgehead atoms. The lowest BCUT2D eigenvalue weighted by molar-refractivity contribution is -0.125. The Hall–Kier alpha value is -0.770. The summed E-state index contributed by atoms with van der Waals surface area (Å²) in [5.74, 6) is -0.0774. The minimum absolute atomic E-state index is 0.00265. The third-order valence-electron chi connectivity index (χ3n) is 2.75. The molecule has 1 rings (SSSR count). The van der Waals surface area contributed by atoms with E-state index in [-0.39, 0.29) is 17.9 Å². The Bertz CT molecular complexity index is 423. The molecule has 2 unspecified atom stereocenters. The number of nitrogens with one attached hydrogen (secondary N) is 2. The van der Waals surface area contributed by atoms with Crippen LogP contribution in [0.2, 0.25) is 10.0 Å². The second-order valence-electron chi connectivity index (χ2n) is 4.35. The summed E-state index contributed by atoms with van der Waals surface area (Å²) < 4.78 is 0. The number of amides is 1. The van der Waals surface area contributed by atoms with Crippen LogP contribution in [0.3, 0.4) is 0 Å². The highest BCUT2D eigenvalue weighted by Crippen LogP contribution is 2.26. The van der Waals surface area contributed by atoms with Gasteiger partial charge < -0.3 is 10.6 Å². The van der Waals surface area contributed by atoms with E-state index in [2.05, 4.69) is 10.6 Å². The Morgan fingerprint density at radius 1 is 1.33 bits per heavy atom. The van der Waals surface area contributed by atoms with Gasteiger partial charge in [0.1, 0.15) is 0 Å². The van der Waals surface area contributed by atoms with Crippen LogP contribution < -0.4 is 10.6 Å². The van der Waals surface area contributed by atoms with Gasteiger partial charge in [0.15, 0.2) is 0 Å². The summed E-state index contributed by atoms with van der Waals surface area (Å²) in [6.45, 7) is 4.42. The predicted molar refractivity (Wildman–Crippen MR) is 76.1 cm³/mol. The second kappa shape index (κ2) is 6.98. The van der Waals surface area contributed by atoms with E-state index in [0.29, 0.717) is 16.6 Å². The first-order chi connectivity index (χ1) is 8.45. The van der Waals surface area contributed by atoms with E-state index in [4.69, 9.17) is 23.2 Å². The molecule has 18 heavy (non-hydrogen) atoms. The Morgan fingerprint density at radius 3 is 2.56 bits per heavy atom. The number of rotatable bonds is 5. The average molecular weight is 289 g/mol. The summed E-state index contributed by atoms with van der Waals surface area (Å²) in [4.78, 5) is 11.9. The van der Waals surface area contributed by atoms with Gasteiger partial charge in [-0.3, -0.25) is 4.79 Å². The van der Waals surface area contributed by atoms with Crippen molar-refractivity contribution in [3.63, 3.8) is 0 Å². The summed E-state index contributed by atoms with van der Waals surface area (Å²) in [5.41, 5.74) is 0.867. The van der Waals surface area contributed by atoms with Crippen LogP contribution in [0, 0.1) is 5.92 Å². The van der Waals surface area contributed by atoms with Gasteiger partial charge in [-0.1, -0.05) is 36.2 Å². The molecule has 0 spiro atoms. The van der Waals surface area contributed by atoms with Gasteiger partial charge in [0, 0.05) is 22.5 Å². The summed E-state index contributed by atoms with van der Waals surface area (Å²) >= 11 is 11.9. The van der Waals surface area contributed by atoms with Gasteiger partial charge >= 0.3 is 0 Å². The maximum Gasteiger partial charge on any atom is 0.224 e. The topological polar surface area (TPSA) is 41.1 Å². The summed E-state index contributed by atoms with van der Waals surface area (Å²) in [6, 6.07) is 5.14. The molecule has 0 saturated heterocycles. The van der Waals surface area contributed by atoms with Crippen LogP contribution >= 0.6 is 23.2 Å². The lowest BCUT2D eigenvalue weighted by atomic mass is 10.1. The molecule has 0 heterocycles. The molecule has 1 aromatic carbocycles. The van der Waals surface area contributed by atoms with Crippen LogP contribution in [0.15, 0.2) is 18.2 Å². The highest BCUT2D eigenvalue weighted by molar-refractivity contribution is 6.35. The number of carbonyl (C=O) groups is 1. The fraction of sp³-hybridized carbons (Fsp3) is 0.462. The third kappa shape index (κ3) is 4.16. The number of hydrogen-bond acceptors (Lipinski definition) is 2. The van der Waals surface area contributed by atoms with E-state index in [0.717, 1.165) is 5.56 Å². The van der Waals surface area contributed by atoms with Crippen LogP contribution in [0.5, 0.6) is 0 Å². The number of benzene rings is 1. The smallest absolute Gasteiger partial charge is 0.224 e. The van der Waals surface area contributed by atoms with Gasteiger partial charge in [0.25, 0.3) is 0 Å². The molecular formula is C13H18Cl2N2O. The van der Waals surface area contributed by atoms with Crippen LogP contribution in [-0.2, 0) is 4.79 Å². The fourth-order valence-electron chi connectivity index (χ4n) is 1.68. The summed E-state index contributed by atoms with van der Waals surface area (Å²) in [6.07, 6.45) is 0. The van der Waals surface area contributed by atoms with Gasteiger partial charge in [-0.2, -0.15) is 0 Å². The van der Waals surface area contributed by atoms with Crippen molar-refractivity contribution in [3.8, 4) is 0 Å². The maximum atomic E-state index is 11.9. The molecular weight excluding hydrogens is 271 g/mol. The molecule has 1 amide bonds. The van der Waals surface area contributed by atoms with Gasteiger partial charge in [-0.15, -0.1) is 0 Å². The van der Waals surface area contributed by atoms with Crippen molar-refractivity contribution in [2.45, 2.75) is 19.9 Å². The van der Waals surface area contributed by atoms with Gasteiger partial charge in [-0.05, 0) is 31.7 Å². The first-order valence-electron chi connectivity index (χ1n) is 5.85. The zero-order valence-electron chi connectivity index (χ0n) is 10.8. The molecule has 0 aliphatic rings. The molecule has 3 nitrogen and oxygen atoms in total. The van der Waals surface area contributed by atoms with Crippen molar-refractivity contribution >= 4 is 29.1 Å². The highest BCUT2D eigenvalue weighted by Gasteiger charge is 2.17. The standard InChI is InChI=1S/C13H18Cl2N2O/c1-8(7-16-3)13(18)17-9(2)11-5-4-10(14)6-12(11)15/h4-6,8-9,16H,7H2,1-3H3,(H,17,18). The summed E-state index contributed by atoms with van der Waals surface area (Å²) in [7, 11) is 1.82. The van der Waals surface area contributed by atoms with E-state index in [1.165, 1.54) is 0 Å². The normalized spacial score (nSPS) is 14.1. The van der Waals surface area contributed by atoms with Crippen molar-refractivity contribution in [1.29, 1.82) is 0 Å². The Morgan fingerprint density at radius 2 is 2.00 bits per heavy atom. The first-order valence-corrected chi connectivity index (χ1v) is 6.61. The molecule has 0 aromatic heterocycles. The number of hydrogen-bond donors (Lipinski definition) is 2. The number of carbonyl (C=O) groups excluding carboxylic acids is 1. The van der Waals surface area contributed by atoms with E-state index in [9.17, 15) is 4.79 Å². The Balaban J connectivity index is 2.70. The van der Waals surface area contributed by atoms with Crippen molar-refractivity contribution < 1.29 is 4.79 Å². The van der Waals surface area contributed by atoms with Crippen molar-refractivity contribution in [1.82, 2.24) is 10.6 Å². The minimum Gasteiger partial charge on any atom is -0.349 e. The Kier molecular flexibility index (Phi) is 5.93. The second-order valence-corrected chi connectivity index (χ2v) is 5.20. The molecule has 0 radical (unpaired) electrons. The molecule has 0 fully saturated rings. The van der Waals surface area contributed by atoms with E-state index < -0.39 is 0 Å². The van der Waals surface area contributed by atoms with Gasteiger partial charge in [0.2, 0.25) is 5.91 Å². The zero-order valence-corrected chi connectivity index (χ0v) is 12.3. The molecule has 0 aliphatic carbocycles. The summed E-state index contributed by atoms with van der Waals surface area (Å²) in [5, 5.41) is 7.07. The third-order valence-corrected chi connectivity index (χ3v) is 3.31. The fourth-order valence-corrected chi connectivity index (χ4v) is 2.26. The molecule has 2 atom stereocenters. The van der Waals surface area contributed by atoms with Crippen LogP contribution in [-0.4, -0.2) is 19.5 Å². The largest absolute Gasteiger partial charge is 0.349 e. The van der Waals surface area contributed by atoms with Crippen LogP contribution in [0.25, 0.3) is 0 Å². The molecule has 2 N–H and O–H groups in total. The van der Waals surface area contributed by atoms with E-state index in [1.54, 1.807) is 12.1 Å². The van der Waals surface area contributed by atoms with Crippen molar-refractivity contribution in [2.75, 3.05) is 13.6 Å². The lowest BCUT2D eigenvalue weighted by Gasteiger charge is -2.18. The predicted octanol–water partition coefficient (Wildman–Crippen LogP) is 3.03. The maximum absolute atomic E-state index is 11.9. The van der Waals surface area contributed by atoms with E-state index in [1.807, 2.05) is 27.0 Å². The van der Waals surface area contributed by atoms with Gasteiger partial charge in [-0.25, -0.2) is 0 Å². The molecule has 5 heteroatoms. The van der Waals surface area contributed by atoms with Crippen LogP contribution in [0.4, 0.5) is 0 Å². The van der Waals surface area contributed by atoms with Crippen LogP contribution in [0.1, 0.15) is 25.5 Å². The zero-order chi connectivity index (χ0) is 13.7. The number of halogens is 2. The van der Waals surface area contributed by atoms with E-state index >= 15 is 0 Å². The molecule has 100 valence electrons. The monoisotopic (exact) mass is 288 g/mol. The van der Waals surface area contributed by atoms with Crippen molar-refractivity contribution in [2.24, 2.45) is 5.92 Å². The SMILES string of the molecule is CNCC(C)C(=O)NC(C)c1ccc(Cl)cc1Cl. The lowest BCUT2D eigenvalue weighted by Crippen LogP contribution is -2.35. The quantitative estimate of drug-likeness (QED) is 0.874. The Labute approximate surface area is 118 Å².